The van der Waals surface area contributed by atoms with E-state index < -0.39 is 11.1 Å². The fraction of sp³-hybridized carbons (Fsp3) is 0.286. The zero-order chi connectivity index (χ0) is 20.4. The molecule has 4 rings (SSSR count). The highest BCUT2D eigenvalue weighted by Gasteiger charge is 2.29. The fourth-order valence-electron chi connectivity index (χ4n) is 3.83. The summed E-state index contributed by atoms with van der Waals surface area (Å²) in [5, 5.41) is 3.00. The third-order valence-electron chi connectivity index (χ3n) is 5.21. The standard InChI is InChI=1S/C21H21BrN4O3/c22-14-10-13(18-16(11-14)24-20(28)21(29)25-18)12-26-9-5-4-8-17(26)19(27)23-15-6-2-1-3-7-15/h1-3,6-7,10-11,17H,4-5,8-9,12H2,(H,23,27)(H,24,28)(H,25,29). The molecule has 0 bridgehead atoms. The lowest BCUT2D eigenvalue weighted by molar-refractivity contribution is -0.122. The smallest absolute Gasteiger partial charge is 0.314 e. The molecule has 3 aromatic rings. The lowest BCUT2D eigenvalue weighted by Crippen LogP contribution is -2.46. The Bertz CT molecular complexity index is 1160. The van der Waals surface area contributed by atoms with Crippen LogP contribution in [-0.2, 0) is 11.3 Å². The second-order valence-corrected chi connectivity index (χ2v) is 8.15. The Balaban J connectivity index is 1.63. The van der Waals surface area contributed by atoms with Crippen LogP contribution in [0.15, 0.2) is 56.5 Å². The summed E-state index contributed by atoms with van der Waals surface area (Å²) >= 11 is 3.47. The molecule has 1 saturated heterocycles. The Hall–Kier alpha value is -2.71. The third kappa shape index (κ3) is 4.33. The number of carbonyl (C=O) groups is 1. The van der Waals surface area contributed by atoms with Crippen LogP contribution < -0.4 is 16.4 Å². The van der Waals surface area contributed by atoms with Crippen LogP contribution in [0.5, 0.6) is 0 Å². The van der Waals surface area contributed by atoms with Gasteiger partial charge in [0.1, 0.15) is 0 Å². The van der Waals surface area contributed by atoms with Gasteiger partial charge in [-0.15, -0.1) is 0 Å². The van der Waals surface area contributed by atoms with E-state index in [0.29, 0.717) is 17.6 Å². The Kier molecular flexibility index (Phi) is 5.64. The maximum Gasteiger partial charge on any atom is 0.314 e. The summed E-state index contributed by atoms with van der Waals surface area (Å²) in [6.07, 6.45) is 2.78. The van der Waals surface area contributed by atoms with Crippen molar-refractivity contribution in [2.24, 2.45) is 0 Å². The number of fused-ring (bicyclic) bond motifs is 1. The summed E-state index contributed by atoms with van der Waals surface area (Å²) in [5.41, 5.74) is 1.41. The summed E-state index contributed by atoms with van der Waals surface area (Å²) in [4.78, 5) is 43.9. The number of rotatable bonds is 4. The van der Waals surface area contributed by atoms with Crippen molar-refractivity contribution in [2.75, 3.05) is 11.9 Å². The maximum atomic E-state index is 12.9. The molecule has 3 N–H and O–H groups in total. The molecule has 8 heteroatoms. The lowest BCUT2D eigenvalue weighted by atomic mass is 10.00. The topological polar surface area (TPSA) is 98.1 Å². The number of anilines is 1. The minimum absolute atomic E-state index is 0.0305. The largest absolute Gasteiger partial charge is 0.325 e. The van der Waals surface area contributed by atoms with Gasteiger partial charge in [0.15, 0.2) is 0 Å². The summed E-state index contributed by atoms with van der Waals surface area (Å²) in [6, 6.07) is 12.8. The van der Waals surface area contributed by atoms with Gasteiger partial charge in [0.2, 0.25) is 5.91 Å². The zero-order valence-electron chi connectivity index (χ0n) is 15.7. The number of benzene rings is 2. The van der Waals surface area contributed by atoms with Gasteiger partial charge in [-0.25, -0.2) is 0 Å². The average Bonchev–Trinajstić information content (AvgIpc) is 2.70. The van der Waals surface area contributed by atoms with Crippen LogP contribution in [-0.4, -0.2) is 33.4 Å². The molecule has 1 unspecified atom stereocenters. The first kappa shape index (κ1) is 19.6. The molecule has 2 heterocycles. The van der Waals surface area contributed by atoms with Crippen LogP contribution in [0.4, 0.5) is 5.69 Å². The number of nitrogens with zero attached hydrogens (tertiary/aromatic N) is 1. The van der Waals surface area contributed by atoms with Gasteiger partial charge in [-0.05, 0) is 49.2 Å². The van der Waals surface area contributed by atoms with Gasteiger partial charge in [-0.3, -0.25) is 19.3 Å². The Labute approximate surface area is 175 Å². The number of hydrogen-bond donors (Lipinski definition) is 3. The number of carbonyl (C=O) groups excluding carboxylic acids is 1. The number of aromatic amines is 2. The molecule has 1 aliphatic rings. The predicted molar refractivity (Wildman–Crippen MR) is 116 cm³/mol. The Morgan fingerprint density at radius 2 is 1.86 bits per heavy atom. The van der Waals surface area contributed by atoms with E-state index in [1.165, 1.54) is 0 Å². The van der Waals surface area contributed by atoms with Crippen molar-refractivity contribution in [3.8, 4) is 0 Å². The van der Waals surface area contributed by atoms with E-state index in [9.17, 15) is 14.4 Å². The summed E-state index contributed by atoms with van der Waals surface area (Å²) in [6.45, 7) is 1.28. The van der Waals surface area contributed by atoms with E-state index in [-0.39, 0.29) is 11.9 Å². The van der Waals surface area contributed by atoms with Crippen molar-refractivity contribution in [1.82, 2.24) is 14.9 Å². The number of aromatic nitrogens is 2. The van der Waals surface area contributed by atoms with Gasteiger partial charge in [0.25, 0.3) is 0 Å². The average molecular weight is 457 g/mol. The molecule has 1 fully saturated rings. The second kappa shape index (κ2) is 8.34. The minimum Gasteiger partial charge on any atom is -0.325 e. The molecule has 0 saturated carbocycles. The number of amides is 1. The van der Waals surface area contributed by atoms with Crippen LogP contribution in [0.3, 0.4) is 0 Å². The molecular weight excluding hydrogens is 436 g/mol. The second-order valence-electron chi connectivity index (χ2n) is 7.23. The molecule has 0 spiro atoms. The van der Waals surface area contributed by atoms with E-state index >= 15 is 0 Å². The van der Waals surface area contributed by atoms with Crippen LogP contribution >= 0.6 is 15.9 Å². The summed E-state index contributed by atoms with van der Waals surface area (Å²) in [5.74, 6) is -0.0305. The Morgan fingerprint density at radius 1 is 1.10 bits per heavy atom. The highest BCUT2D eigenvalue weighted by molar-refractivity contribution is 9.10. The molecule has 7 nitrogen and oxygen atoms in total. The number of piperidine rings is 1. The first-order valence-electron chi connectivity index (χ1n) is 9.56. The third-order valence-corrected chi connectivity index (χ3v) is 5.67. The monoisotopic (exact) mass is 456 g/mol. The normalized spacial score (nSPS) is 17.3. The quantitative estimate of drug-likeness (QED) is 0.525. The number of H-pyrrole nitrogens is 2. The molecular formula is C21H21BrN4O3. The SMILES string of the molecule is O=C(Nc1ccccc1)C1CCCCN1Cc1cc(Br)cc2[nH]c(=O)c(=O)[nH]c12. The molecule has 150 valence electrons. The van der Waals surface area contributed by atoms with Gasteiger partial charge >= 0.3 is 11.1 Å². The molecule has 1 atom stereocenters. The van der Waals surface area contributed by atoms with Gasteiger partial charge in [-0.1, -0.05) is 40.5 Å². The van der Waals surface area contributed by atoms with E-state index in [1.807, 2.05) is 36.4 Å². The van der Waals surface area contributed by atoms with E-state index in [1.54, 1.807) is 6.07 Å². The molecule has 1 amide bonds. The lowest BCUT2D eigenvalue weighted by Gasteiger charge is -2.34. The highest BCUT2D eigenvalue weighted by Crippen LogP contribution is 2.26. The zero-order valence-corrected chi connectivity index (χ0v) is 17.3. The molecule has 1 aliphatic heterocycles. The van der Waals surface area contributed by atoms with Crippen molar-refractivity contribution in [3.05, 3.63) is 73.2 Å². The van der Waals surface area contributed by atoms with Gasteiger partial charge in [0.05, 0.1) is 17.1 Å². The van der Waals surface area contributed by atoms with Crippen LogP contribution in [0.1, 0.15) is 24.8 Å². The Morgan fingerprint density at radius 3 is 2.66 bits per heavy atom. The van der Waals surface area contributed by atoms with Crippen LogP contribution in [0.25, 0.3) is 11.0 Å². The highest BCUT2D eigenvalue weighted by atomic mass is 79.9. The van der Waals surface area contributed by atoms with Gasteiger partial charge in [0, 0.05) is 16.7 Å². The van der Waals surface area contributed by atoms with E-state index in [2.05, 4.69) is 36.1 Å². The number of nitrogens with one attached hydrogen (secondary N) is 3. The molecule has 0 aliphatic carbocycles. The van der Waals surface area contributed by atoms with Crippen molar-refractivity contribution in [3.63, 3.8) is 0 Å². The van der Waals surface area contributed by atoms with Crippen molar-refractivity contribution in [2.45, 2.75) is 31.8 Å². The molecule has 2 aromatic carbocycles. The van der Waals surface area contributed by atoms with Crippen molar-refractivity contribution < 1.29 is 4.79 Å². The molecule has 0 radical (unpaired) electrons. The number of likely N-dealkylation sites (tertiary alicyclic amines) is 1. The molecule has 29 heavy (non-hydrogen) atoms. The number of para-hydroxylation sites is 1. The van der Waals surface area contributed by atoms with E-state index in [4.69, 9.17) is 0 Å². The van der Waals surface area contributed by atoms with Crippen LogP contribution in [0.2, 0.25) is 0 Å². The number of halogens is 1. The first-order chi connectivity index (χ1) is 14.0. The molecule has 1 aromatic heterocycles. The number of hydrogen-bond acceptors (Lipinski definition) is 4. The fourth-order valence-corrected chi connectivity index (χ4v) is 4.33. The van der Waals surface area contributed by atoms with Gasteiger partial charge in [-0.2, -0.15) is 0 Å². The predicted octanol–water partition coefficient (Wildman–Crippen LogP) is 2.97. The van der Waals surface area contributed by atoms with Crippen molar-refractivity contribution in [1.29, 1.82) is 0 Å². The van der Waals surface area contributed by atoms with E-state index in [0.717, 1.165) is 41.5 Å². The van der Waals surface area contributed by atoms with Crippen molar-refractivity contribution >= 4 is 38.6 Å². The summed E-state index contributed by atoms with van der Waals surface area (Å²) in [7, 11) is 0. The minimum atomic E-state index is -0.682. The van der Waals surface area contributed by atoms with Crippen LogP contribution in [0, 0.1) is 0 Å². The first-order valence-corrected chi connectivity index (χ1v) is 10.4. The summed E-state index contributed by atoms with van der Waals surface area (Å²) < 4.78 is 0.796. The maximum absolute atomic E-state index is 12.9. The van der Waals surface area contributed by atoms with Gasteiger partial charge < -0.3 is 15.3 Å².